The molecule has 6 rings (SSSR count). The summed E-state index contributed by atoms with van der Waals surface area (Å²) in [6.45, 7) is 0. The van der Waals surface area contributed by atoms with Gasteiger partial charge < -0.3 is 19.9 Å². The third kappa shape index (κ3) is 7.47. The fourth-order valence-electron chi connectivity index (χ4n) is 5.91. The van der Waals surface area contributed by atoms with Gasteiger partial charge in [-0.3, -0.25) is 23.5 Å². The summed E-state index contributed by atoms with van der Waals surface area (Å²) in [5.41, 5.74) is 2.58. The Morgan fingerprint density at radius 1 is 0.735 bits per heavy atom. The second-order valence-electron chi connectivity index (χ2n) is 11.6. The van der Waals surface area contributed by atoms with Gasteiger partial charge in [0.2, 0.25) is 5.91 Å². The van der Waals surface area contributed by atoms with E-state index < -0.39 is 69.6 Å². The van der Waals surface area contributed by atoms with E-state index in [1.165, 1.54) is 0 Å². The van der Waals surface area contributed by atoms with E-state index in [0.29, 0.717) is 11.1 Å². The molecule has 0 aliphatic carbocycles. The molecule has 10 nitrogen and oxygen atoms in total. The zero-order valence-electron chi connectivity index (χ0n) is 26.3. The highest BCUT2D eigenvalue weighted by atomic mass is 32.2. The van der Waals surface area contributed by atoms with Crippen LogP contribution in [0.15, 0.2) is 133 Å². The van der Waals surface area contributed by atoms with Crippen LogP contribution in [-0.4, -0.2) is 55.1 Å². The van der Waals surface area contributed by atoms with Gasteiger partial charge in [0.1, 0.15) is 17.2 Å². The Morgan fingerprint density at radius 3 is 1.65 bits per heavy atom. The van der Waals surface area contributed by atoms with Crippen LogP contribution in [0.25, 0.3) is 0 Å². The van der Waals surface area contributed by atoms with Crippen molar-refractivity contribution in [2.45, 2.75) is 42.9 Å². The number of nitrogens with one attached hydrogen (secondary N) is 1. The molecule has 49 heavy (non-hydrogen) atoms. The minimum atomic E-state index is -1.80. The highest BCUT2D eigenvalue weighted by Crippen LogP contribution is 2.36. The topological polar surface area (TPSA) is 139 Å². The Kier molecular flexibility index (Phi) is 10.3. The van der Waals surface area contributed by atoms with E-state index in [0.717, 1.165) is 16.0 Å². The van der Waals surface area contributed by atoms with E-state index in [1.807, 2.05) is 72.8 Å². The first-order valence-corrected chi connectivity index (χ1v) is 17.2. The average Bonchev–Trinajstić information content (AvgIpc) is 3.13. The van der Waals surface area contributed by atoms with Crippen molar-refractivity contribution in [2.75, 3.05) is 5.75 Å². The molecule has 2 amide bonds. The number of amides is 2. The first-order chi connectivity index (χ1) is 23.8. The fraction of sp³-hybridized carbons (Fsp3) is 0.211. The van der Waals surface area contributed by atoms with Crippen molar-refractivity contribution in [3.05, 3.63) is 155 Å². The zero-order chi connectivity index (χ0) is 34.3. The Morgan fingerprint density at radius 2 is 1.18 bits per heavy atom. The van der Waals surface area contributed by atoms with Crippen molar-refractivity contribution >= 4 is 34.6 Å². The normalized spacial score (nSPS) is 18.4. The van der Waals surface area contributed by atoms with Crippen LogP contribution in [0.4, 0.5) is 0 Å². The molecule has 4 aromatic carbocycles. The van der Waals surface area contributed by atoms with Crippen LogP contribution in [0.3, 0.4) is 0 Å². The van der Waals surface area contributed by atoms with Crippen LogP contribution in [0.5, 0.6) is 0 Å². The molecule has 0 bridgehead atoms. The fourth-order valence-corrected chi connectivity index (χ4v) is 7.42. The van der Waals surface area contributed by atoms with Gasteiger partial charge in [0.05, 0.1) is 16.6 Å². The van der Waals surface area contributed by atoms with Gasteiger partial charge in [-0.05, 0) is 28.7 Å². The smallest absolute Gasteiger partial charge is 0.359 e. The number of hydrogen-bond donors (Lipinski definition) is 2. The summed E-state index contributed by atoms with van der Waals surface area (Å²) in [4.78, 5) is 53.5. The maximum Gasteiger partial charge on any atom is 0.359 e. The molecule has 1 saturated heterocycles. The molecule has 0 spiro atoms. The number of carbonyl (C=O) groups excluding carboxylic acids is 4. The van der Waals surface area contributed by atoms with Crippen molar-refractivity contribution in [3.8, 4) is 0 Å². The van der Waals surface area contributed by atoms with Gasteiger partial charge >= 0.3 is 11.9 Å². The van der Waals surface area contributed by atoms with Gasteiger partial charge in [-0.15, -0.1) is 0 Å². The summed E-state index contributed by atoms with van der Waals surface area (Å²) in [6, 6.07) is 35.6. The van der Waals surface area contributed by atoms with E-state index in [9.17, 15) is 28.5 Å². The molecule has 0 saturated carbocycles. The molecule has 2 aliphatic rings. The van der Waals surface area contributed by atoms with Crippen LogP contribution in [0.2, 0.25) is 0 Å². The summed E-state index contributed by atoms with van der Waals surface area (Å²) in [5.74, 6) is -3.59. The number of benzene rings is 4. The molecule has 0 radical (unpaired) electrons. The van der Waals surface area contributed by atoms with E-state index in [1.54, 1.807) is 48.5 Å². The van der Waals surface area contributed by atoms with Crippen molar-refractivity contribution in [2.24, 2.45) is 0 Å². The Labute approximate surface area is 285 Å². The van der Waals surface area contributed by atoms with Gasteiger partial charge in [-0.25, -0.2) is 4.79 Å². The predicted molar refractivity (Wildman–Crippen MR) is 181 cm³/mol. The Bertz CT molecular complexity index is 1790. The van der Waals surface area contributed by atoms with Crippen molar-refractivity contribution in [1.29, 1.82) is 0 Å². The second-order valence-corrected chi connectivity index (χ2v) is 13.1. The Balaban J connectivity index is 1.06. The molecule has 3 atom stereocenters. The first kappa shape index (κ1) is 33.4. The van der Waals surface area contributed by atoms with Crippen molar-refractivity contribution < 1.29 is 38.0 Å². The number of aliphatic hydroxyl groups is 1. The monoisotopic (exact) mass is 678 g/mol. The summed E-state index contributed by atoms with van der Waals surface area (Å²) in [7, 11) is -1.80. The van der Waals surface area contributed by atoms with Gasteiger partial charge in [-0.1, -0.05) is 121 Å². The number of esters is 2. The highest BCUT2D eigenvalue weighted by Gasteiger charge is 2.58. The third-order valence-electron chi connectivity index (χ3n) is 8.28. The summed E-state index contributed by atoms with van der Waals surface area (Å²) >= 11 is 0. The molecule has 2 heterocycles. The molecular weight excluding hydrogens is 644 g/mol. The predicted octanol–water partition coefficient (Wildman–Crippen LogP) is 5.01. The number of aliphatic hydroxyl groups excluding tert-OH is 1. The molecule has 11 heteroatoms. The largest absolute Gasteiger partial charge is 0.509 e. The summed E-state index contributed by atoms with van der Waals surface area (Å²) in [5, 5.41) is 12.2. The lowest BCUT2D eigenvalue weighted by Crippen LogP contribution is -2.73. The van der Waals surface area contributed by atoms with Crippen LogP contribution >= 0.6 is 0 Å². The third-order valence-corrected chi connectivity index (χ3v) is 9.86. The van der Waals surface area contributed by atoms with Crippen LogP contribution in [-0.2, 0) is 39.5 Å². The molecule has 4 aromatic rings. The standard InChI is InChI=1S/C38H34N2O8S/c41-29-24-49(46)37-32(36(44)40(37)33(29)38(45)48-35(27-18-9-3-10-19-27)28-20-11-4-12-21-28)39-30(42)22-13-23-31(43)47-34(25-14-5-1-6-15-25)26-16-7-2-8-17-26/h1-12,14-21,32,34-35,37,41H,13,22-24H2,(H,39,42)/t32-,37-,49?/m1/s1. The van der Waals surface area contributed by atoms with E-state index in [4.69, 9.17) is 9.47 Å². The maximum absolute atomic E-state index is 13.5. The molecule has 0 aromatic heterocycles. The van der Waals surface area contributed by atoms with E-state index in [2.05, 4.69) is 5.32 Å². The van der Waals surface area contributed by atoms with Crippen LogP contribution in [0.1, 0.15) is 53.7 Å². The number of hydrogen-bond acceptors (Lipinski definition) is 8. The minimum Gasteiger partial charge on any atom is -0.509 e. The number of carbonyl (C=O) groups is 4. The Hall–Kier alpha value is -5.55. The molecule has 2 N–H and O–H groups in total. The average molecular weight is 679 g/mol. The van der Waals surface area contributed by atoms with Gasteiger partial charge in [0, 0.05) is 12.8 Å². The minimum absolute atomic E-state index is 0.0414. The van der Waals surface area contributed by atoms with E-state index >= 15 is 0 Å². The highest BCUT2D eigenvalue weighted by molar-refractivity contribution is 7.86. The van der Waals surface area contributed by atoms with Crippen LogP contribution < -0.4 is 5.32 Å². The number of ether oxygens (including phenoxy) is 2. The SMILES string of the molecule is O=C(CCCC(=O)OC(c1ccccc1)c1ccccc1)N[C@@H]1C(=O)N2C(C(=O)OC(c3ccccc3)c3ccccc3)=C(O)CS(=O)[C@H]12. The molecule has 250 valence electrons. The number of nitrogens with zero attached hydrogens (tertiary/aromatic N) is 1. The number of fused-ring (bicyclic) bond motifs is 1. The number of rotatable bonds is 12. The lowest BCUT2D eigenvalue weighted by molar-refractivity contribution is -0.155. The van der Waals surface area contributed by atoms with Crippen molar-refractivity contribution in [1.82, 2.24) is 10.2 Å². The van der Waals surface area contributed by atoms with Gasteiger partial charge in [0.25, 0.3) is 5.91 Å². The maximum atomic E-state index is 13.5. The molecule has 1 unspecified atom stereocenters. The van der Waals surface area contributed by atoms with E-state index in [-0.39, 0.29) is 25.0 Å². The molecular formula is C38H34N2O8S. The van der Waals surface area contributed by atoms with Gasteiger partial charge in [-0.2, -0.15) is 0 Å². The summed E-state index contributed by atoms with van der Waals surface area (Å²) in [6.07, 6.45) is -1.43. The lowest BCUT2D eigenvalue weighted by Gasteiger charge is -2.48. The summed E-state index contributed by atoms with van der Waals surface area (Å²) < 4.78 is 24.7. The second kappa shape index (κ2) is 15.1. The number of β-lactam (4-membered cyclic amide) rings is 1. The van der Waals surface area contributed by atoms with Gasteiger partial charge in [0.15, 0.2) is 17.9 Å². The van der Waals surface area contributed by atoms with Crippen molar-refractivity contribution in [3.63, 3.8) is 0 Å². The first-order valence-electron chi connectivity index (χ1n) is 15.8. The zero-order valence-corrected chi connectivity index (χ0v) is 27.2. The molecule has 1 fully saturated rings. The molecule has 2 aliphatic heterocycles. The quantitative estimate of drug-likeness (QED) is 0.158. The lowest BCUT2D eigenvalue weighted by atomic mass is 10.0. The van der Waals surface area contributed by atoms with Crippen LogP contribution in [0, 0.1) is 0 Å².